The van der Waals surface area contributed by atoms with E-state index in [2.05, 4.69) is 37.2 Å². The smallest absolute Gasteiger partial charge is 0.252 e. The van der Waals surface area contributed by atoms with Gasteiger partial charge in [0.15, 0.2) is 0 Å². The average molecular weight is 363 g/mol. The van der Waals surface area contributed by atoms with Crippen LogP contribution in [0.1, 0.15) is 29.6 Å². The summed E-state index contributed by atoms with van der Waals surface area (Å²) in [4.78, 5) is 12.1. The lowest BCUT2D eigenvalue weighted by atomic mass is 9.77. The zero-order valence-corrected chi connectivity index (χ0v) is 12.3. The van der Waals surface area contributed by atoms with Crippen molar-refractivity contribution in [3.8, 4) is 0 Å². The third kappa shape index (κ3) is 2.72. The molecule has 1 aliphatic carbocycles. The minimum atomic E-state index is -0.404. The number of benzene rings is 1. The second-order valence-electron chi connectivity index (χ2n) is 4.37. The van der Waals surface area contributed by atoms with E-state index in [1.165, 1.54) is 0 Å². The lowest BCUT2D eigenvalue weighted by Gasteiger charge is -2.41. The first-order chi connectivity index (χ1) is 8.06. The van der Waals surface area contributed by atoms with Gasteiger partial charge in [-0.05, 0) is 53.4 Å². The monoisotopic (exact) mass is 361 g/mol. The van der Waals surface area contributed by atoms with Crippen LogP contribution < -0.4 is 5.32 Å². The molecule has 1 amide bonds. The Balaban J connectivity index is 2.17. The van der Waals surface area contributed by atoms with E-state index in [-0.39, 0.29) is 12.5 Å². The molecule has 92 valence electrons. The number of rotatable bonds is 3. The van der Waals surface area contributed by atoms with Gasteiger partial charge in [0.25, 0.3) is 5.91 Å². The van der Waals surface area contributed by atoms with Crippen LogP contribution in [0.25, 0.3) is 0 Å². The van der Waals surface area contributed by atoms with Gasteiger partial charge in [-0.15, -0.1) is 0 Å². The summed E-state index contributed by atoms with van der Waals surface area (Å²) in [5, 5.41) is 12.2. The van der Waals surface area contributed by atoms with Crippen molar-refractivity contribution < 1.29 is 9.90 Å². The molecule has 1 saturated carbocycles. The third-order valence-electron chi connectivity index (χ3n) is 3.17. The first-order valence-corrected chi connectivity index (χ1v) is 7.03. The van der Waals surface area contributed by atoms with Gasteiger partial charge < -0.3 is 10.4 Å². The highest BCUT2D eigenvalue weighted by atomic mass is 79.9. The zero-order chi connectivity index (χ0) is 12.5. The molecule has 3 nitrogen and oxygen atoms in total. The van der Waals surface area contributed by atoms with Crippen LogP contribution in [0.3, 0.4) is 0 Å². The summed E-state index contributed by atoms with van der Waals surface area (Å²) in [7, 11) is 0. The van der Waals surface area contributed by atoms with Crippen LogP contribution in [0, 0.1) is 0 Å². The molecule has 1 aromatic carbocycles. The Hall–Kier alpha value is -0.390. The summed E-state index contributed by atoms with van der Waals surface area (Å²) >= 11 is 6.70. The number of aliphatic hydroxyl groups is 1. The molecule has 2 rings (SSSR count). The lowest BCUT2D eigenvalue weighted by Crippen LogP contribution is -2.56. The molecule has 0 aromatic heterocycles. The third-order valence-corrected chi connectivity index (χ3v) is 4.35. The SMILES string of the molecule is O=C(NC1(CO)CCC1)c1cc(Br)ccc1Br. The van der Waals surface area contributed by atoms with E-state index in [0.717, 1.165) is 28.2 Å². The van der Waals surface area contributed by atoms with Crippen molar-refractivity contribution in [2.24, 2.45) is 0 Å². The van der Waals surface area contributed by atoms with Gasteiger partial charge in [0, 0.05) is 8.95 Å². The fourth-order valence-corrected chi connectivity index (χ4v) is 2.69. The van der Waals surface area contributed by atoms with Crippen LogP contribution in [-0.2, 0) is 0 Å². The first kappa shape index (κ1) is 13.1. The minimum absolute atomic E-state index is 0.00433. The molecule has 0 unspecified atom stereocenters. The van der Waals surface area contributed by atoms with Gasteiger partial charge in [-0.3, -0.25) is 4.79 Å². The average Bonchev–Trinajstić information content (AvgIpc) is 2.26. The van der Waals surface area contributed by atoms with Crippen molar-refractivity contribution in [1.82, 2.24) is 5.32 Å². The van der Waals surface area contributed by atoms with Gasteiger partial charge in [-0.1, -0.05) is 15.9 Å². The Morgan fingerprint density at radius 2 is 2.12 bits per heavy atom. The molecule has 0 atom stereocenters. The highest BCUT2D eigenvalue weighted by molar-refractivity contribution is 9.11. The summed E-state index contributed by atoms with van der Waals surface area (Å²) in [5.74, 6) is -0.146. The van der Waals surface area contributed by atoms with E-state index in [1.54, 1.807) is 6.07 Å². The highest BCUT2D eigenvalue weighted by Gasteiger charge is 2.38. The molecule has 0 bridgehead atoms. The van der Waals surface area contributed by atoms with Gasteiger partial charge >= 0.3 is 0 Å². The molecule has 17 heavy (non-hydrogen) atoms. The Kier molecular flexibility index (Phi) is 3.90. The van der Waals surface area contributed by atoms with Gasteiger partial charge in [0.2, 0.25) is 0 Å². The first-order valence-electron chi connectivity index (χ1n) is 5.45. The van der Waals surface area contributed by atoms with Crippen molar-refractivity contribution in [3.63, 3.8) is 0 Å². The van der Waals surface area contributed by atoms with Crippen LogP contribution in [-0.4, -0.2) is 23.2 Å². The molecular formula is C12H13Br2NO2. The molecule has 0 saturated heterocycles. The number of amides is 1. The molecule has 5 heteroatoms. The molecule has 1 fully saturated rings. The number of aliphatic hydroxyl groups excluding tert-OH is 1. The van der Waals surface area contributed by atoms with Crippen LogP contribution in [0.4, 0.5) is 0 Å². The van der Waals surface area contributed by atoms with Crippen molar-refractivity contribution >= 4 is 37.8 Å². The second-order valence-corrected chi connectivity index (χ2v) is 6.14. The highest BCUT2D eigenvalue weighted by Crippen LogP contribution is 2.32. The molecule has 1 aromatic rings. The Bertz CT molecular complexity index is 439. The zero-order valence-electron chi connectivity index (χ0n) is 9.17. The Labute approximate surface area is 117 Å². The topological polar surface area (TPSA) is 49.3 Å². The van der Waals surface area contributed by atoms with E-state index >= 15 is 0 Å². The summed E-state index contributed by atoms with van der Waals surface area (Å²) in [6.45, 7) is 0.00433. The number of nitrogens with one attached hydrogen (secondary N) is 1. The quantitative estimate of drug-likeness (QED) is 0.868. The van der Waals surface area contributed by atoms with Crippen molar-refractivity contribution in [3.05, 3.63) is 32.7 Å². The van der Waals surface area contributed by atoms with Crippen LogP contribution in [0.5, 0.6) is 0 Å². The van der Waals surface area contributed by atoms with Crippen molar-refractivity contribution in [2.45, 2.75) is 24.8 Å². The number of halogens is 2. The van der Waals surface area contributed by atoms with Crippen molar-refractivity contribution in [1.29, 1.82) is 0 Å². The predicted molar refractivity (Wildman–Crippen MR) is 73.0 cm³/mol. The summed E-state index contributed by atoms with van der Waals surface area (Å²) in [5.41, 5.74) is 0.179. The van der Waals surface area contributed by atoms with Gasteiger partial charge in [-0.25, -0.2) is 0 Å². The fourth-order valence-electron chi connectivity index (χ4n) is 1.91. The van der Waals surface area contributed by atoms with E-state index in [4.69, 9.17) is 0 Å². The molecule has 0 spiro atoms. The molecular weight excluding hydrogens is 350 g/mol. The standard InChI is InChI=1S/C12H13Br2NO2/c13-8-2-3-10(14)9(6-8)11(17)15-12(7-16)4-1-5-12/h2-3,6,16H,1,4-5,7H2,(H,15,17). The maximum atomic E-state index is 12.1. The summed E-state index contributed by atoms with van der Waals surface area (Å²) in [6.07, 6.45) is 2.75. The van der Waals surface area contributed by atoms with Gasteiger partial charge in [-0.2, -0.15) is 0 Å². The number of hydrogen-bond donors (Lipinski definition) is 2. The van der Waals surface area contributed by atoms with Crippen LogP contribution >= 0.6 is 31.9 Å². The molecule has 0 heterocycles. The van der Waals surface area contributed by atoms with E-state index in [0.29, 0.717) is 5.56 Å². The van der Waals surface area contributed by atoms with Crippen LogP contribution in [0.15, 0.2) is 27.1 Å². The number of carbonyl (C=O) groups excluding carboxylic acids is 1. The predicted octanol–water partition coefficient (Wildman–Crippen LogP) is 2.86. The number of hydrogen-bond acceptors (Lipinski definition) is 2. The van der Waals surface area contributed by atoms with Gasteiger partial charge in [0.05, 0.1) is 17.7 Å². The van der Waals surface area contributed by atoms with Crippen LogP contribution in [0.2, 0.25) is 0 Å². The molecule has 0 radical (unpaired) electrons. The number of carbonyl (C=O) groups is 1. The minimum Gasteiger partial charge on any atom is -0.394 e. The summed E-state index contributed by atoms with van der Waals surface area (Å²) in [6, 6.07) is 5.46. The van der Waals surface area contributed by atoms with Crippen molar-refractivity contribution in [2.75, 3.05) is 6.61 Å². The maximum absolute atomic E-state index is 12.1. The van der Waals surface area contributed by atoms with E-state index in [1.807, 2.05) is 12.1 Å². The maximum Gasteiger partial charge on any atom is 0.252 e. The molecule has 1 aliphatic rings. The normalized spacial score (nSPS) is 17.4. The molecule has 0 aliphatic heterocycles. The fraction of sp³-hybridized carbons (Fsp3) is 0.417. The Morgan fingerprint density at radius 3 is 2.65 bits per heavy atom. The van der Waals surface area contributed by atoms with E-state index < -0.39 is 5.54 Å². The Morgan fingerprint density at radius 1 is 1.41 bits per heavy atom. The molecule has 2 N–H and O–H groups in total. The van der Waals surface area contributed by atoms with E-state index in [9.17, 15) is 9.90 Å². The van der Waals surface area contributed by atoms with Gasteiger partial charge in [0.1, 0.15) is 0 Å². The largest absolute Gasteiger partial charge is 0.394 e. The lowest BCUT2D eigenvalue weighted by molar-refractivity contribution is 0.0641. The second kappa shape index (κ2) is 5.08. The summed E-state index contributed by atoms with van der Waals surface area (Å²) < 4.78 is 1.61.